The summed E-state index contributed by atoms with van der Waals surface area (Å²) in [6.07, 6.45) is 1.49. The number of aromatic nitrogens is 2. The van der Waals surface area contributed by atoms with Gasteiger partial charge in [0.1, 0.15) is 4.83 Å². The summed E-state index contributed by atoms with van der Waals surface area (Å²) >= 11 is 1.26. The zero-order valence-corrected chi connectivity index (χ0v) is 19.5. The van der Waals surface area contributed by atoms with Gasteiger partial charge in [-0.05, 0) is 48.8 Å². The van der Waals surface area contributed by atoms with Crippen LogP contribution in [0.5, 0.6) is 0 Å². The standard InChI is InChI=1S/C25H26N4O2S/c1-16-21-24(27-15-29(4)25(21)31)32-22(16)23(30)26-13-19-7-5-6-8-20(19)18-11-9-17(10-12-18)14-28(2)3/h5-12,15H,13-14H2,1-4H3,(H,26,30). The lowest BCUT2D eigenvalue weighted by Gasteiger charge is -2.13. The van der Waals surface area contributed by atoms with Crippen LogP contribution in [-0.4, -0.2) is 34.5 Å². The van der Waals surface area contributed by atoms with Crippen molar-refractivity contribution in [2.24, 2.45) is 7.05 Å². The summed E-state index contributed by atoms with van der Waals surface area (Å²) in [4.78, 5) is 33.0. The molecule has 0 fully saturated rings. The SMILES string of the molecule is Cc1c(C(=O)NCc2ccccc2-c2ccc(CN(C)C)cc2)sc2ncn(C)c(=O)c12. The summed E-state index contributed by atoms with van der Waals surface area (Å²) in [6.45, 7) is 3.10. The highest BCUT2D eigenvalue weighted by Gasteiger charge is 2.19. The van der Waals surface area contributed by atoms with Gasteiger partial charge in [0.2, 0.25) is 0 Å². The lowest BCUT2D eigenvalue weighted by molar-refractivity contribution is 0.0954. The molecule has 0 aliphatic heterocycles. The van der Waals surface area contributed by atoms with E-state index in [9.17, 15) is 9.59 Å². The van der Waals surface area contributed by atoms with Gasteiger partial charge in [0, 0.05) is 20.1 Å². The predicted molar refractivity (Wildman–Crippen MR) is 130 cm³/mol. The van der Waals surface area contributed by atoms with Crippen molar-refractivity contribution in [3.63, 3.8) is 0 Å². The van der Waals surface area contributed by atoms with E-state index in [1.165, 1.54) is 27.8 Å². The molecule has 2 aromatic heterocycles. The van der Waals surface area contributed by atoms with Crippen LogP contribution in [0, 0.1) is 6.92 Å². The first-order valence-corrected chi connectivity index (χ1v) is 11.2. The largest absolute Gasteiger partial charge is 0.347 e. The molecular formula is C25H26N4O2S. The fourth-order valence-corrected chi connectivity index (χ4v) is 4.85. The molecule has 0 atom stereocenters. The van der Waals surface area contributed by atoms with Crippen molar-refractivity contribution >= 4 is 27.5 Å². The van der Waals surface area contributed by atoms with Crippen molar-refractivity contribution in [2.75, 3.05) is 14.1 Å². The number of nitrogens with zero attached hydrogens (tertiary/aromatic N) is 3. The quantitative estimate of drug-likeness (QED) is 0.487. The smallest absolute Gasteiger partial charge is 0.262 e. The minimum Gasteiger partial charge on any atom is -0.347 e. The van der Waals surface area contributed by atoms with Gasteiger partial charge in [-0.25, -0.2) is 4.98 Å². The van der Waals surface area contributed by atoms with Gasteiger partial charge in [-0.3, -0.25) is 9.59 Å². The normalized spacial score (nSPS) is 11.3. The van der Waals surface area contributed by atoms with E-state index < -0.39 is 0 Å². The molecule has 32 heavy (non-hydrogen) atoms. The Balaban J connectivity index is 1.56. The summed E-state index contributed by atoms with van der Waals surface area (Å²) in [6, 6.07) is 16.6. The van der Waals surface area contributed by atoms with Gasteiger partial charge in [-0.2, -0.15) is 0 Å². The molecule has 6 nitrogen and oxygen atoms in total. The first-order chi connectivity index (χ1) is 15.3. The van der Waals surface area contributed by atoms with Crippen molar-refractivity contribution in [1.29, 1.82) is 0 Å². The molecule has 4 rings (SSSR count). The lowest BCUT2D eigenvalue weighted by atomic mass is 9.98. The fourth-order valence-electron chi connectivity index (χ4n) is 3.79. The molecule has 0 radical (unpaired) electrons. The van der Waals surface area contributed by atoms with Crippen molar-refractivity contribution < 1.29 is 4.79 Å². The van der Waals surface area contributed by atoms with Gasteiger partial charge >= 0.3 is 0 Å². The molecule has 1 amide bonds. The van der Waals surface area contributed by atoms with E-state index in [-0.39, 0.29) is 11.5 Å². The Hall–Kier alpha value is -3.29. The van der Waals surface area contributed by atoms with E-state index in [2.05, 4.69) is 59.6 Å². The van der Waals surface area contributed by atoms with Crippen LogP contribution in [-0.2, 0) is 20.1 Å². The van der Waals surface area contributed by atoms with Crippen molar-refractivity contribution in [1.82, 2.24) is 19.8 Å². The third kappa shape index (κ3) is 4.35. The Morgan fingerprint density at radius 2 is 1.84 bits per heavy atom. The fraction of sp³-hybridized carbons (Fsp3) is 0.240. The summed E-state index contributed by atoms with van der Waals surface area (Å²) in [5.74, 6) is -0.191. The third-order valence-electron chi connectivity index (χ3n) is 5.44. The number of rotatable bonds is 6. The number of hydrogen-bond donors (Lipinski definition) is 1. The minimum atomic E-state index is -0.191. The maximum absolute atomic E-state index is 13.0. The van der Waals surface area contributed by atoms with Crippen molar-refractivity contribution in [3.05, 3.63) is 86.8 Å². The maximum Gasteiger partial charge on any atom is 0.262 e. The van der Waals surface area contributed by atoms with E-state index >= 15 is 0 Å². The second-order valence-electron chi connectivity index (χ2n) is 8.17. The molecule has 7 heteroatoms. The van der Waals surface area contributed by atoms with Crippen LogP contribution in [0.15, 0.2) is 59.7 Å². The molecule has 0 saturated carbocycles. The monoisotopic (exact) mass is 446 g/mol. The average Bonchev–Trinajstić information content (AvgIpc) is 3.12. The zero-order chi connectivity index (χ0) is 22.8. The minimum absolute atomic E-state index is 0.133. The highest BCUT2D eigenvalue weighted by atomic mass is 32.1. The molecule has 0 bridgehead atoms. The number of benzene rings is 2. The summed E-state index contributed by atoms with van der Waals surface area (Å²) in [7, 11) is 5.77. The van der Waals surface area contributed by atoms with Crippen LogP contribution in [0.4, 0.5) is 0 Å². The molecule has 164 valence electrons. The van der Waals surface area contributed by atoms with Crippen LogP contribution < -0.4 is 10.9 Å². The lowest BCUT2D eigenvalue weighted by Crippen LogP contribution is -2.23. The van der Waals surface area contributed by atoms with E-state index in [1.54, 1.807) is 14.0 Å². The highest BCUT2D eigenvalue weighted by Crippen LogP contribution is 2.28. The van der Waals surface area contributed by atoms with Gasteiger partial charge in [-0.15, -0.1) is 11.3 Å². The van der Waals surface area contributed by atoms with Crippen molar-refractivity contribution in [2.45, 2.75) is 20.0 Å². The summed E-state index contributed by atoms with van der Waals surface area (Å²) in [5.41, 5.74) is 5.04. The van der Waals surface area contributed by atoms with E-state index in [4.69, 9.17) is 0 Å². The van der Waals surface area contributed by atoms with Gasteiger partial charge in [0.25, 0.3) is 11.5 Å². The number of carbonyl (C=O) groups is 1. The number of aryl methyl sites for hydroxylation is 2. The van der Waals surface area contributed by atoms with Crippen LogP contribution >= 0.6 is 11.3 Å². The maximum atomic E-state index is 13.0. The average molecular weight is 447 g/mol. The molecule has 0 spiro atoms. The number of fused-ring (bicyclic) bond motifs is 1. The molecular weight excluding hydrogens is 420 g/mol. The van der Waals surface area contributed by atoms with Gasteiger partial charge in [0.05, 0.1) is 16.6 Å². The molecule has 2 aromatic carbocycles. The third-order valence-corrected chi connectivity index (χ3v) is 6.64. The van der Waals surface area contributed by atoms with Gasteiger partial charge in [0.15, 0.2) is 0 Å². The molecule has 2 heterocycles. The summed E-state index contributed by atoms with van der Waals surface area (Å²) in [5, 5.41) is 3.54. The second-order valence-corrected chi connectivity index (χ2v) is 9.17. The Bertz CT molecular complexity index is 1340. The Kier molecular flexibility index (Phi) is 6.21. The van der Waals surface area contributed by atoms with Crippen LogP contribution in [0.25, 0.3) is 21.3 Å². The Labute approximate surface area is 191 Å². The van der Waals surface area contributed by atoms with Gasteiger partial charge < -0.3 is 14.8 Å². The highest BCUT2D eigenvalue weighted by molar-refractivity contribution is 7.20. The van der Waals surface area contributed by atoms with Gasteiger partial charge in [-0.1, -0.05) is 48.5 Å². The van der Waals surface area contributed by atoms with Crippen LogP contribution in [0.3, 0.4) is 0 Å². The topological polar surface area (TPSA) is 67.2 Å². The number of hydrogen-bond acceptors (Lipinski definition) is 5. The number of amides is 1. The Morgan fingerprint density at radius 1 is 1.12 bits per heavy atom. The van der Waals surface area contributed by atoms with E-state index in [0.717, 1.165) is 23.2 Å². The van der Waals surface area contributed by atoms with Crippen LogP contribution in [0.2, 0.25) is 0 Å². The Morgan fingerprint density at radius 3 is 2.56 bits per heavy atom. The number of nitrogens with one attached hydrogen (secondary N) is 1. The van der Waals surface area contributed by atoms with E-state index in [1.807, 2.05) is 18.2 Å². The molecule has 0 saturated heterocycles. The molecule has 0 aliphatic rings. The number of thiophene rings is 1. The number of carbonyl (C=O) groups excluding carboxylic acids is 1. The van der Waals surface area contributed by atoms with Crippen LogP contribution in [0.1, 0.15) is 26.4 Å². The molecule has 0 aliphatic carbocycles. The second kappa shape index (κ2) is 9.06. The molecule has 0 unspecified atom stereocenters. The van der Waals surface area contributed by atoms with Crippen molar-refractivity contribution in [3.8, 4) is 11.1 Å². The molecule has 4 aromatic rings. The molecule has 1 N–H and O–H groups in total. The first kappa shape index (κ1) is 21.9. The summed E-state index contributed by atoms with van der Waals surface area (Å²) < 4.78 is 1.43. The van der Waals surface area contributed by atoms with E-state index in [0.29, 0.717) is 27.2 Å². The first-order valence-electron chi connectivity index (χ1n) is 10.4. The zero-order valence-electron chi connectivity index (χ0n) is 18.7. The predicted octanol–water partition coefficient (Wildman–Crippen LogP) is 3.96.